The third-order valence-corrected chi connectivity index (χ3v) is 3.63. The van der Waals surface area contributed by atoms with Crippen molar-refractivity contribution in [3.63, 3.8) is 0 Å². The fourth-order valence-electron chi connectivity index (χ4n) is 1.73. The quantitative estimate of drug-likeness (QED) is 0.607. The Morgan fingerprint density at radius 1 is 1.21 bits per heavy atom. The summed E-state index contributed by atoms with van der Waals surface area (Å²) in [4.78, 5) is 23.1. The first-order valence-electron chi connectivity index (χ1n) is 6.83. The minimum atomic E-state index is -0.172. The van der Waals surface area contributed by atoms with Crippen LogP contribution in [-0.2, 0) is 9.59 Å². The molecule has 2 amide bonds. The van der Waals surface area contributed by atoms with Crippen LogP contribution >= 0.6 is 12.4 Å². The predicted octanol–water partition coefficient (Wildman–Crippen LogP) is 0.814. The summed E-state index contributed by atoms with van der Waals surface area (Å²) < 4.78 is 0. The molecule has 2 unspecified atom stereocenters. The molecule has 0 aromatic heterocycles. The third-order valence-electron chi connectivity index (χ3n) is 3.63. The first-order chi connectivity index (χ1) is 8.52. The van der Waals surface area contributed by atoms with Crippen LogP contribution in [0.5, 0.6) is 0 Å². The molecule has 19 heavy (non-hydrogen) atoms. The van der Waals surface area contributed by atoms with Crippen LogP contribution < -0.4 is 16.4 Å². The maximum Gasteiger partial charge on any atom is 0.224 e. The number of rotatable bonds is 7. The maximum absolute atomic E-state index is 11.6. The van der Waals surface area contributed by atoms with E-state index in [1.165, 1.54) is 6.42 Å². The molecule has 0 bridgehead atoms. The second-order valence-electron chi connectivity index (χ2n) is 5.21. The van der Waals surface area contributed by atoms with Gasteiger partial charge in [-0.3, -0.25) is 9.59 Å². The molecule has 5 nitrogen and oxygen atoms in total. The summed E-state index contributed by atoms with van der Waals surface area (Å²) in [5, 5.41) is 5.72. The molecule has 0 heterocycles. The molecule has 1 aliphatic rings. The van der Waals surface area contributed by atoms with Gasteiger partial charge in [0, 0.05) is 31.0 Å². The molecular formula is C13H26ClN3O2. The van der Waals surface area contributed by atoms with Gasteiger partial charge < -0.3 is 16.4 Å². The van der Waals surface area contributed by atoms with E-state index in [-0.39, 0.29) is 42.1 Å². The number of amides is 2. The number of hydrogen-bond donors (Lipinski definition) is 3. The van der Waals surface area contributed by atoms with Gasteiger partial charge in [-0.2, -0.15) is 0 Å². The second-order valence-corrected chi connectivity index (χ2v) is 5.21. The summed E-state index contributed by atoms with van der Waals surface area (Å²) in [7, 11) is 0. The van der Waals surface area contributed by atoms with Gasteiger partial charge in [-0.05, 0) is 26.2 Å². The van der Waals surface area contributed by atoms with Crippen LogP contribution in [0.25, 0.3) is 0 Å². The molecule has 0 saturated heterocycles. The van der Waals surface area contributed by atoms with Crippen molar-refractivity contribution < 1.29 is 9.59 Å². The van der Waals surface area contributed by atoms with Crippen molar-refractivity contribution in [2.75, 3.05) is 13.1 Å². The van der Waals surface area contributed by atoms with Gasteiger partial charge in [-0.1, -0.05) is 13.3 Å². The summed E-state index contributed by atoms with van der Waals surface area (Å²) in [6.07, 6.45) is 3.97. The highest BCUT2D eigenvalue weighted by Gasteiger charge is 2.24. The number of halogens is 1. The van der Waals surface area contributed by atoms with Gasteiger partial charge in [-0.25, -0.2) is 0 Å². The molecule has 0 radical (unpaired) electrons. The van der Waals surface area contributed by atoms with E-state index in [1.54, 1.807) is 0 Å². The average Bonchev–Trinajstić information content (AvgIpc) is 2.24. The van der Waals surface area contributed by atoms with E-state index in [9.17, 15) is 9.59 Å². The highest BCUT2D eigenvalue weighted by atomic mass is 35.5. The molecule has 2 atom stereocenters. The minimum Gasteiger partial charge on any atom is -0.356 e. The molecule has 1 rings (SSSR count). The van der Waals surface area contributed by atoms with Crippen LogP contribution in [0.3, 0.4) is 0 Å². The van der Waals surface area contributed by atoms with Crippen molar-refractivity contribution in [2.24, 2.45) is 17.6 Å². The lowest BCUT2D eigenvalue weighted by Gasteiger charge is -2.24. The molecule has 1 aliphatic carbocycles. The van der Waals surface area contributed by atoms with E-state index in [2.05, 4.69) is 10.6 Å². The number of hydrogen-bond acceptors (Lipinski definition) is 3. The lowest BCUT2D eigenvalue weighted by Crippen LogP contribution is -2.40. The van der Waals surface area contributed by atoms with Crippen molar-refractivity contribution in [1.82, 2.24) is 10.6 Å². The Morgan fingerprint density at radius 2 is 1.79 bits per heavy atom. The van der Waals surface area contributed by atoms with Gasteiger partial charge in [0.25, 0.3) is 0 Å². The largest absolute Gasteiger partial charge is 0.356 e. The van der Waals surface area contributed by atoms with Crippen molar-refractivity contribution in [3.05, 3.63) is 0 Å². The van der Waals surface area contributed by atoms with Crippen LogP contribution in [0.15, 0.2) is 0 Å². The molecule has 4 N–H and O–H groups in total. The monoisotopic (exact) mass is 291 g/mol. The summed E-state index contributed by atoms with van der Waals surface area (Å²) in [6.45, 7) is 4.85. The SMILES string of the molecule is CC(N)C(C)C(=O)NCCCNC(=O)C1CCC1.Cl. The van der Waals surface area contributed by atoms with Crippen molar-refractivity contribution >= 4 is 24.2 Å². The predicted molar refractivity (Wildman–Crippen MR) is 78.0 cm³/mol. The van der Waals surface area contributed by atoms with E-state index >= 15 is 0 Å². The highest BCUT2D eigenvalue weighted by Crippen LogP contribution is 2.25. The molecule has 6 heteroatoms. The van der Waals surface area contributed by atoms with Crippen LogP contribution in [0.2, 0.25) is 0 Å². The zero-order chi connectivity index (χ0) is 13.5. The Morgan fingerprint density at radius 3 is 2.26 bits per heavy atom. The number of nitrogens with two attached hydrogens (primary N) is 1. The van der Waals surface area contributed by atoms with Gasteiger partial charge in [0.15, 0.2) is 0 Å². The highest BCUT2D eigenvalue weighted by molar-refractivity contribution is 5.85. The lowest BCUT2D eigenvalue weighted by molar-refractivity contribution is -0.127. The average molecular weight is 292 g/mol. The molecule has 0 aromatic carbocycles. The van der Waals surface area contributed by atoms with Crippen LogP contribution in [-0.4, -0.2) is 30.9 Å². The number of carbonyl (C=O) groups excluding carboxylic acids is 2. The number of nitrogens with one attached hydrogen (secondary N) is 2. The Hall–Kier alpha value is -0.810. The first-order valence-corrected chi connectivity index (χ1v) is 6.83. The molecule has 0 aromatic rings. The van der Waals surface area contributed by atoms with Gasteiger partial charge >= 0.3 is 0 Å². The molecule has 112 valence electrons. The molecule has 0 spiro atoms. The smallest absolute Gasteiger partial charge is 0.224 e. The van der Waals surface area contributed by atoms with Gasteiger partial charge in [0.1, 0.15) is 0 Å². The molecule has 1 fully saturated rings. The van der Waals surface area contributed by atoms with Crippen LogP contribution in [0, 0.1) is 11.8 Å². The fraction of sp³-hybridized carbons (Fsp3) is 0.846. The summed E-state index contributed by atoms with van der Waals surface area (Å²) >= 11 is 0. The first kappa shape index (κ1) is 18.2. The maximum atomic E-state index is 11.6. The standard InChI is InChI=1S/C13H25N3O2.ClH/c1-9(10(2)14)12(17)15-7-4-8-16-13(18)11-5-3-6-11;/h9-11H,3-8,14H2,1-2H3,(H,15,17)(H,16,18);1H. The Bertz CT molecular complexity index is 294. The Balaban J connectivity index is 0.00000324. The van der Waals surface area contributed by atoms with E-state index in [0.717, 1.165) is 19.3 Å². The van der Waals surface area contributed by atoms with Gasteiger partial charge in [0.2, 0.25) is 11.8 Å². The summed E-state index contributed by atoms with van der Waals surface area (Å²) in [5.74, 6) is 0.208. The molecule has 1 saturated carbocycles. The van der Waals surface area contributed by atoms with Crippen molar-refractivity contribution in [2.45, 2.75) is 45.6 Å². The van der Waals surface area contributed by atoms with E-state index in [1.807, 2.05) is 13.8 Å². The third kappa shape index (κ3) is 6.25. The molecular weight excluding hydrogens is 266 g/mol. The summed E-state index contributed by atoms with van der Waals surface area (Å²) in [6, 6.07) is -0.136. The van der Waals surface area contributed by atoms with Crippen molar-refractivity contribution in [3.8, 4) is 0 Å². The minimum absolute atomic E-state index is 0. The summed E-state index contributed by atoms with van der Waals surface area (Å²) in [5.41, 5.74) is 5.64. The van der Waals surface area contributed by atoms with Gasteiger partial charge in [-0.15, -0.1) is 12.4 Å². The van der Waals surface area contributed by atoms with Crippen molar-refractivity contribution in [1.29, 1.82) is 0 Å². The molecule has 0 aliphatic heterocycles. The second kappa shape index (κ2) is 9.15. The lowest BCUT2D eigenvalue weighted by atomic mass is 9.85. The van der Waals surface area contributed by atoms with Crippen LogP contribution in [0.1, 0.15) is 39.5 Å². The van der Waals surface area contributed by atoms with E-state index in [4.69, 9.17) is 5.73 Å². The van der Waals surface area contributed by atoms with E-state index in [0.29, 0.717) is 13.1 Å². The Kier molecular flexibility index (Phi) is 8.76. The van der Waals surface area contributed by atoms with Crippen LogP contribution in [0.4, 0.5) is 0 Å². The topological polar surface area (TPSA) is 84.2 Å². The van der Waals surface area contributed by atoms with E-state index < -0.39 is 0 Å². The normalized spacial score (nSPS) is 17.6. The number of carbonyl (C=O) groups is 2. The Labute approximate surface area is 121 Å². The zero-order valence-corrected chi connectivity index (χ0v) is 12.6. The van der Waals surface area contributed by atoms with Gasteiger partial charge in [0.05, 0.1) is 0 Å². The zero-order valence-electron chi connectivity index (χ0n) is 11.8. The fourth-order valence-corrected chi connectivity index (χ4v) is 1.73.